The lowest BCUT2D eigenvalue weighted by Crippen LogP contribution is -2.59. The Bertz CT molecular complexity index is 1530. The normalized spacial score (nSPS) is 16.6. The third kappa shape index (κ3) is 15.3. The Hall–Kier alpha value is -5.60. The van der Waals surface area contributed by atoms with Crippen molar-refractivity contribution in [2.24, 2.45) is 17.6 Å². The first kappa shape index (κ1) is 45.6. The molecule has 0 radical (unpaired) electrons. The van der Waals surface area contributed by atoms with E-state index in [0.717, 1.165) is 0 Å². The molecular weight excluding hydrogens is 724 g/mol. The molecule has 55 heavy (non-hydrogen) atoms. The average Bonchev–Trinajstić information content (AvgIpc) is 3.81. The number of H-pyrrole nitrogens is 1. The zero-order valence-corrected chi connectivity index (χ0v) is 31.7. The molecule has 0 aromatic carbocycles. The van der Waals surface area contributed by atoms with Gasteiger partial charge in [0.05, 0.1) is 25.8 Å². The lowest BCUT2D eigenvalue weighted by molar-refractivity contribution is -0.141. The Morgan fingerprint density at radius 1 is 0.818 bits per heavy atom. The summed E-state index contributed by atoms with van der Waals surface area (Å²) in [6.45, 7) is 7.72. The number of carbonyl (C=O) groups excluding carboxylic acids is 7. The second-order valence-corrected chi connectivity index (χ2v) is 14.2. The lowest BCUT2D eigenvalue weighted by atomic mass is 10.0. The van der Waals surface area contributed by atoms with E-state index in [1.165, 1.54) is 24.3 Å². The minimum atomic E-state index is -1.70. The predicted molar refractivity (Wildman–Crippen MR) is 193 cm³/mol. The van der Waals surface area contributed by atoms with Gasteiger partial charge in [-0.25, -0.2) is 4.98 Å². The van der Waals surface area contributed by atoms with Gasteiger partial charge in [-0.15, -0.1) is 0 Å². The molecule has 0 aliphatic carbocycles. The van der Waals surface area contributed by atoms with Crippen LogP contribution >= 0.6 is 0 Å². The molecule has 1 saturated heterocycles. The zero-order valence-electron chi connectivity index (χ0n) is 31.7. The fourth-order valence-electron chi connectivity index (χ4n) is 5.79. The molecule has 6 atom stereocenters. The first-order valence-electron chi connectivity index (χ1n) is 18.0. The molecule has 21 heteroatoms. The maximum Gasteiger partial charge on any atom is 0.325 e. The van der Waals surface area contributed by atoms with Gasteiger partial charge in [0.25, 0.3) is 0 Å². The quantitative estimate of drug-likeness (QED) is 0.0566. The van der Waals surface area contributed by atoms with Crippen molar-refractivity contribution < 1.29 is 53.4 Å². The number of rotatable bonds is 22. The molecule has 0 spiro atoms. The van der Waals surface area contributed by atoms with Gasteiger partial charge in [0.15, 0.2) is 0 Å². The van der Waals surface area contributed by atoms with Crippen molar-refractivity contribution in [2.75, 3.05) is 19.6 Å². The fourth-order valence-corrected chi connectivity index (χ4v) is 5.79. The van der Waals surface area contributed by atoms with E-state index in [4.69, 9.17) is 5.73 Å². The molecule has 306 valence electrons. The van der Waals surface area contributed by atoms with Gasteiger partial charge in [-0.05, 0) is 44.4 Å². The average molecular weight is 779 g/mol. The molecule has 0 unspecified atom stereocenters. The number of carboxylic acids is 2. The molecule has 0 saturated carbocycles. The maximum absolute atomic E-state index is 13.5. The summed E-state index contributed by atoms with van der Waals surface area (Å²) in [4.78, 5) is 122. The second kappa shape index (κ2) is 21.9. The highest BCUT2D eigenvalue weighted by molar-refractivity contribution is 5.97. The minimum absolute atomic E-state index is 0.0211. The van der Waals surface area contributed by atoms with Gasteiger partial charge in [0.1, 0.15) is 36.3 Å². The molecule has 1 aliphatic rings. The minimum Gasteiger partial charge on any atom is -0.481 e. The topological polar surface area (TPSA) is 324 Å². The number of aromatic amines is 1. The summed E-state index contributed by atoms with van der Waals surface area (Å²) < 4.78 is 0. The number of imidazole rings is 1. The largest absolute Gasteiger partial charge is 0.481 e. The summed E-state index contributed by atoms with van der Waals surface area (Å²) in [7, 11) is 0. The number of aliphatic carboxylic acids is 2. The van der Waals surface area contributed by atoms with Crippen LogP contribution < -0.4 is 37.6 Å². The Kier molecular flexibility index (Phi) is 18.2. The number of aromatic nitrogens is 2. The molecule has 1 aromatic heterocycles. The monoisotopic (exact) mass is 778 g/mol. The molecule has 11 N–H and O–H groups in total. The SMILES string of the molecule is CC(C)C[C@H](NC(=O)[C@H](CC(=O)O)NC(=O)CNC(=O)[C@H](CC(C)C)NC(=O)[C@@H]1CCCN1C(=O)CN)C(=O)N[C@@H](Cc1cnc[nH]1)C(=O)N[C@@H](C)C(=O)O. The summed E-state index contributed by atoms with van der Waals surface area (Å²) in [6.07, 6.45) is 2.90. The van der Waals surface area contributed by atoms with Crippen LogP contribution in [0.3, 0.4) is 0 Å². The van der Waals surface area contributed by atoms with Crippen LogP contribution in [0, 0.1) is 11.8 Å². The van der Waals surface area contributed by atoms with Crippen LogP contribution in [0.15, 0.2) is 12.5 Å². The highest BCUT2D eigenvalue weighted by Gasteiger charge is 2.36. The first-order chi connectivity index (χ1) is 25.8. The Morgan fingerprint density at radius 3 is 1.95 bits per heavy atom. The highest BCUT2D eigenvalue weighted by Crippen LogP contribution is 2.18. The van der Waals surface area contributed by atoms with Crippen molar-refractivity contribution in [3.05, 3.63) is 18.2 Å². The fraction of sp³-hybridized carbons (Fsp3) is 0.647. The van der Waals surface area contributed by atoms with Gasteiger partial charge in [-0.1, -0.05) is 27.7 Å². The summed E-state index contributed by atoms with van der Waals surface area (Å²) in [5, 5.41) is 33.3. The van der Waals surface area contributed by atoms with E-state index in [2.05, 4.69) is 41.9 Å². The van der Waals surface area contributed by atoms with Crippen LogP contribution in [0.4, 0.5) is 0 Å². The Labute approximate surface area is 318 Å². The number of amides is 7. The van der Waals surface area contributed by atoms with E-state index < -0.39 is 103 Å². The molecule has 1 aromatic rings. The lowest BCUT2D eigenvalue weighted by Gasteiger charge is -2.27. The van der Waals surface area contributed by atoms with Crippen LogP contribution in [-0.4, -0.2) is 134 Å². The number of nitrogens with one attached hydrogen (secondary N) is 7. The number of hydrogen-bond acceptors (Lipinski definition) is 11. The molecular formula is C34H54N10O11. The van der Waals surface area contributed by atoms with Gasteiger partial charge >= 0.3 is 11.9 Å². The van der Waals surface area contributed by atoms with Crippen molar-refractivity contribution >= 4 is 53.3 Å². The number of carbonyl (C=O) groups is 9. The summed E-state index contributed by atoms with van der Waals surface area (Å²) in [5.41, 5.74) is 5.90. The second-order valence-electron chi connectivity index (χ2n) is 14.2. The van der Waals surface area contributed by atoms with Crippen LogP contribution in [-0.2, 0) is 49.6 Å². The van der Waals surface area contributed by atoms with Crippen molar-refractivity contribution in [3.63, 3.8) is 0 Å². The molecule has 2 rings (SSSR count). The van der Waals surface area contributed by atoms with E-state index >= 15 is 0 Å². The smallest absolute Gasteiger partial charge is 0.325 e. The van der Waals surface area contributed by atoms with E-state index in [1.54, 1.807) is 13.8 Å². The van der Waals surface area contributed by atoms with E-state index in [0.29, 0.717) is 25.1 Å². The number of nitrogens with zero attached hydrogens (tertiary/aromatic N) is 2. The molecule has 1 fully saturated rings. The van der Waals surface area contributed by atoms with E-state index in [-0.39, 0.29) is 37.6 Å². The molecule has 1 aliphatic heterocycles. The van der Waals surface area contributed by atoms with Gasteiger partial charge in [0, 0.05) is 24.9 Å². The predicted octanol–water partition coefficient (Wildman–Crippen LogP) is -2.89. The molecule has 0 bridgehead atoms. The van der Waals surface area contributed by atoms with Crippen molar-refractivity contribution in [2.45, 2.75) is 109 Å². The number of likely N-dealkylation sites (tertiary alicyclic amines) is 1. The summed E-state index contributed by atoms with van der Waals surface area (Å²) in [6, 6.07) is -7.53. The Balaban J connectivity index is 2.15. The van der Waals surface area contributed by atoms with Crippen molar-refractivity contribution in [3.8, 4) is 0 Å². The van der Waals surface area contributed by atoms with Crippen LogP contribution in [0.5, 0.6) is 0 Å². The highest BCUT2D eigenvalue weighted by atomic mass is 16.4. The third-order valence-corrected chi connectivity index (χ3v) is 8.53. The first-order valence-corrected chi connectivity index (χ1v) is 18.0. The van der Waals surface area contributed by atoms with Gasteiger partial charge in [-0.2, -0.15) is 0 Å². The maximum atomic E-state index is 13.5. The zero-order chi connectivity index (χ0) is 41.4. The van der Waals surface area contributed by atoms with Gasteiger partial charge in [-0.3, -0.25) is 43.2 Å². The number of hydrogen-bond donors (Lipinski definition) is 10. The standard InChI is InChI=1S/C34H54N10O11/c1-17(2)9-21(43-33(53)25-7-6-8-44(25)27(46)13-35)29(49)37-15-26(45)40-24(12-28(47)48)32(52)41-22(10-18(3)4)31(51)42-23(11-20-14-36-16-38-20)30(50)39-19(5)34(54)55/h14,16-19,21-25H,6-13,15,35H2,1-5H3,(H,36,38)(H,37,49)(H,39,50)(H,40,45)(H,41,52)(H,42,51)(H,43,53)(H,47,48)(H,54,55)/t19-,21-,22-,23-,24-,25-/m0/s1. The van der Waals surface area contributed by atoms with Gasteiger partial charge < -0.3 is 57.7 Å². The molecule has 21 nitrogen and oxygen atoms in total. The molecule has 2 heterocycles. The van der Waals surface area contributed by atoms with Crippen LogP contribution in [0.1, 0.15) is 72.4 Å². The van der Waals surface area contributed by atoms with Crippen molar-refractivity contribution in [1.82, 2.24) is 46.8 Å². The van der Waals surface area contributed by atoms with Crippen LogP contribution in [0.2, 0.25) is 0 Å². The summed E-state index contributed by atoms with van der Waals surface area (Å²) in [5.74, 6) is -8.41. The Morgan fingerprint density at radius 2 is 1.40 bits per heavy atom. The van der Waals surface area contributed by atoms with Gasteiger partial charge in [0.2, 0.25) is 41.4 Å². The number of carboxylic acid groups (broad SMARTS) is 2. The third-order valence-electron chi connectivity index (χ3n) is 8.53. The van der Waals surface area contributed by atoms with E-state index in [1.807, 2.05) is 13.8 Å². The number of nitrogens with two attached hydrogens (primary N) is 1. The summed E-state index contributed by atoms with van der Waals surface area (Å²) >= 11 is 0. The van der Waals surface area contributed by atoms with E-state index in [9.17, 15) is 53.4 Å². The van der Waals surface area contributed by atoms with Crippen molar-refractivity contribution in [1.29, 1.82) is 0 Å². The molecule has 7 amide bonds. The van der Waals surface area contributed by atoms with Crippen LogP contribution in [0.25, 0.3) is 0 Å².